The van der Waals surface area contributed by atoms with Crippen molar-refractivity contribution in [2.24, 2.45) is 7.05 Å². The first-order valence-electron chi connectivity index (χ1n) is 4.73. The van der Waals surface area contributed by atoms with Gasteiger partial charge in [0.1, 0.15) is 6.33 Å². The van der Waals surface area contributed by atoms with Gasteiger partial charge in [0.2, 0.25) is 0 Å². The highest BCUT2D eigenvalue weighted by atomic mass is 15.3. The molecule has 0 saturated heterocycles. The fourth-order valence-electron chi connectivity index (χ4n) is 1.39. The van der Waals surface area contributed by atoms with Crippen molar-refractivity contribution in [3.63, 3.8) is 0 Å². The van der Waals surface area contributed by atoms with E-state index < -0.39 is 0 Å². The summed E-state index contributed by atoms with van der Waals surface area (Å²) in [6, 6.07) is 0. The van der Waals surface area contributed by atoms with E-state index in [0.29, 0.717) is 6.54 Å². The first-order valence-corrected chi connectivity index (χ1v) is 4.73. The molecule has 0 atom stereocenters. The molecule has 0 aliphatic heterocycles. The van der Waals surface area contributed by atoms with Crippen LogP contribution in [-0.4, -0.2) is 19.7 Å². The highest BCUT2D eigenvalue weighted by Gasteiger charge is 2.01. The summed E-state index contributed by atoms with van der Waals surface area (Å²) in [5.74, 6) is 0. The first kappa shape index (κ1) is 9.64. The van der Waals surface area contributed by atoms with E-state index in [0.717, 1.165) is 16.9 Å². The lowest BCUT2D eigenvalue weighted by Crippen LogP contribution is -2.00. The van der Waals surface area contributed by atoms with Gasteiger partial charge in [-0.2, -0.15) is 5.10 Å². The number of hydrogen-bond acceptors (Lipinski definition) is 4. The third-order valence-electron chi connectivity index (χ3n) is 2.11. The van der Waals surface area contributed by atoms with Crippen molar-refractivity contribution in [3.05, 3.63) is 36.2 Å². The van der Waals surface area contributed by atoms with Crippen LogP contribution in [0.2, 0.25) is 0 Å². The summed E-state index contributed by atoms with van der Waals surface area (Å²) in [4.78, 5) is 7.91. The van der Waals surface area contributed by atoms with Gasteiger partial charge < -0.3 is 5.32 Å². The van der Waals surface area contributed by atoms with Gasteiger partial charge in [-0.15, -0.1) is 0 Å². The Morgan fingerprint density at radius 3 is 2.67 bits per heavy atom. The molecule has 2 heterocycles. The Morgan fingerprint density at radius 1 is 1.33 bits per heavy atom. The predicted molar refractivity (Wildman–Crippen MR) is 57.3 cm³/mol. The Kier molecular flexibility index (Phi) is 2.62. The van der Waals surface area contributed by atoms with Crippen molar-refractivity contribution in [1.29, 1.82) is 0 Å². The predicted octanol–water partition coefficient (Wildman–Crippen LogP) is 1.13. The molecule has 15 heavy (non-hydrogen) atoms. The monoisotopic (exact) mass is 203 g/mol. The molecule has 0 unspecified atom stereocenters. The van der Waals surface area contributed by atoms with Gasteiger partial charge in [0.15, 0.2) is 0 Å². The molecule has 0 aliphatic carbocycles. The topological polar surface area (TPSA) is 55.6 Å². The molecule has 5 nitrogen and oxygen atoms in total. The molecular formula is C10H13N5. The van der Waals surface area contributed by atoms with Crippen LogP contribution in [0.25, 0.3) is 0 Å². The van der Waals surface area contributed by atoms with Crippen molar-refractivity contribution >= 4 is 5.69 Å². The molecule has 1 N–H and O–H groups in total. The van der Waals surface area contributed by atoms with Crippen LogP contribution < -0.4 is 5.32 Å². The quantitative estimate of drug-likeness (QED) is 0.812. The molecule has 2 rings (SSSR count). The molecule has 2 aromatic heterocycles. The van der Waals surface area contributed by atoms with E-state index in [4.69, 9.17) is 0 Å². The van der Waals surface area contributed by atoms with Crippen LogP contribution in [0.1, 0.15) is 11.3 Å². The molecule has 78 valence electrons. The second-order valence-corrected chi connectivity index (χ2v) is 3.40. The van der Waals surface area contributed by atoms with Crippen LogP contribution in [0.3, 0.4) is 0 Å². The SMILES string of the molecule is Cc1nn(C)cc1NCc1cncnc1. The standard InChI is InChI=1S/C10H13N5/c1-8-10(6-15(2)14-8)13-5-9-3-11-7-12-4-9/h3-4,6-7,13H,5H2,1-2H3. The minimum Gasteiger partial charge on any atom is -0.378 e. The number of hydrogen-bond donors (Lipinski definition) is 1. The van der Waals surface area contributed by atoms with Crippen LogP contribution in [-0.2, 0) is 13.6 Å². The molecule has 0 spiro atoms. The number of anilines is 1. The number of aromatic nitrogens is 4. The average Bonchev–Trinajstić information content (AvgIpc) is 2.56. The third-order valence-corrected chi connectivity index (χ3v) is 2.11. The largest absolute Gasteiger partial charge is 0.378 e. The van der Waals surface area contributed by atoms with Gasteiger partial charge in [-0.05, 0) is 6.92 Å². The molecule has 2 aromatic rings. The van der Waals surface area contributed by atoms with E-state index in [2.05, 4.69) is 20.4 Å². The average molecular weight is 203 g/mol. The molecule has 0 radical (unpaired) electrons. The van der Waals surface area contributed by atoms with Crippen LogP contribution in [0.15, 0.2) is 24.9 Å². The highest BCUT2D eigenvalue weighted by Crippen LogP contribution is 2.12. The van der Waals surface area contributed by atoms with Crippen molar-refractivity contribution in [2.45, 2.75) is 13.5 Å². The Bertz CT molecular complexity index is 434. The number of nitrogens with zero attached hydrogens (tertiary/aromatic N) is 4. The highest BCUT2D eigenvalue weighted by molar-refractivity contribution is 5.45. The van der Waals surface area contributed by atoms with Crippen LogP contribution in [0, 0.1) is 6.92 Å². The summed E-state index contributed by atoms with van der Waals surface area (Å²) in [5.41, 5.74) is 3.09. The van der Waals surface area contributed by atoms with Gasteiger partial charge in [-0.25, -0.2) is 9.97 Å². The lowest BCUT2D eigenvalue weighted by Gasteiger charge is -2.03. The van der Waals surface area contributed by atoms with Gasteiger partial charge in [0.25, 0.3) is 0 Å². The maximum absolute atomic E-state index is 4.25. The van der Waals surface area contributed by atoms with E-state index in [1.165, 1.54) is 6.33 Å². The third kappa shape index (κ3) is 2.31. The molecule has 0 aliphatic rings. The summed E-state index contributed by atoms with van der Waals surface area (Å²) < 4.78 is 1.79. The summed E-state index contributed by atoms with van der Waals surface area (Å²) in [6.07, 6.45) is 7.08. The van der Waals surface area contributed by atoms with Gasteiger partial charge in [0, 0.05) is 37.7 Å². The molecule has 0 fully saturated rings. The fourth-order valence-corrected chi connectivity index (χ4v) is 1.39. The van der Waals surface area contributed by atoms with E-state index in [9.17, 15) is 0 Å². The van der Waals surface area contributed by atoms with E-state index in [1.54, 1.807) is 17.1 Å². The Labute approximate surface area is 88.2 Å². The summed E-state index contributed by atoms with van der Waals surface area (Å²) >= 11 is 0. The molecule has 0 saturated carbocycles. The molecule has 0 aromatic carbocycles. The van der Waals surface area contributed by atoms with E-state index >= 15 is 0 Å². The molecule has 5 heteroatoms. The second kappa shape index (κ2) is 4.08. The minimum absolute atomic E-state index is 0.716. The van der Waals surface area contributed by atoms with Crippen LogP contribution in [0.5, 0.6) is 0 Å². The van der Waals surface area contributed by atoms with Crippen molar-refractivity contribution < 1.29 is 0 Å². The van der Waals surface area contributed by atoms with Crippen LogP contribution >= 0.6 is 0 Å². The van der Waals surface area contributed by atoms with Gasteiger partial charge in [0.05, 0.1) is 11.4 Å². The van der Waals surface area contributed by atoms with Crippen molar-refractivity contribution in [2.75, 3.05) is 5.32 Å². The smallest absolute Gasteiger partial charge is 0.115 e. The van der Waals surface area contributed by atoms with Gasteiger partial charge in [-0.3, -0.25) is 4.68 Å². The number of aryl methyl sites for hydroxylation is 2. The number of rotatable bonds is 3. The zero-order valence-corrected chi connectivity index (χ0v) is 8.81. The van der Waals surface area contributed by atoms with Crippen molar-refractivity contribution in [1.82, 2.24) is 19.7 Å². The Morgan fingerprint density at radius 2 is 2.07 bits per heavy atom. The number of nitrogens with one attached hydrogen (secondary N) is 1. The molecule has 0 amide bonds. The summed E-state index contributed by atoms with van der Waals surface area (Å²) in [6.45, 7) is 2.69. The van der Waals surface area contributed by atoms with Crippen molar-refractivity contribution in [3.8, 4) is 0 Å². The van der Waals surface area contributed by atoms with Crippen LogP contribution in [0.4, 0.5) is 5.69 Å². The van der Waals surface area contributed by atoms with Gasteiger partial charge >= 0.3 is 0 Å². The molecular weight excluding hydrogens is 190 g/mol. The van der Waals surface area contributed by atoms with E-state index in [1.807, 2.05) is 20.2 Å². The Balaban J connectivity index is 2.02. The second-order valence-electron chi connectivity index (χ2n) is 3.40. The Hall–Kier alpha value is -1.91. The minimum atomic E-state index is 0.716. The first-order chi connectivity index (χ1) is 7.25. The lowest BCUT2D eigenvalue weighted by molar-refractivity contribution is 0.756. The summed E-state index contributed by atoms with van der Waals surface area (Å²) in [7, 11) is 1.91. The maximum atomic E-state index is 4.25. The normalized spacial score (nSPS) is 10.3. The zero-order chi connectivity index (χ0) is 10.7. The fraction of sp³-hybridized carbons (Fsp3) is 0.300. The van der Waals surface area contributed by atoms with E-state index in [-0.39, 0.29) is 0 Å². The van der Waals surface area contributed by atoms with Gasteiger partial charge in [-0.1, -0.05) is 0 Å². The summed E-state index contributed by atoms with van der Waals surface area (Å²) in [5, 5.41) is 7.53. The lowest BCUT2D eigenvalue weighted by atomic mass is 10.3. The molecule has 0 bridgehead atoms. The zero-order valence-electron chi connectivity index (χ0n) is 8.81. The maximum Gasteiger partial charge on any atom is 0.115 e.